The van der Waals surface area contributed by atoms with Crippen molar-refractivity contribution in [1.82, 2.24) is 19.6 Å². The minimum atomic E-state index is -0.904. The number of aliphatic hydroxyl groups excluding tert-OH is 1. The van der Waals surface area contributed by atoms with Gasteiger partial charge in [-0.3, -0.25) is 0 Å². The zero-order valence-corrected chi connectivity index (χ0v) is 12.4. The largest absolute Gasteiger partial charge is 0.467 e. The Kier molecular flexibility index (Phi) is 4.15. The van der Waals surface area contributed by atoms with Crippen LogP contribution in [0.5, 0.6) is 0 Å². The van der Waals surface area contributed by atoms with Gasteiger partial charge in [0.05, 0.1) is 19.4 Å². The summed E-state index contributed by atoms with van der Waals surface area (Å²) >= 11 is 0. The van der Waals surface area contributed by atoms with Crippen LogP contribution in [0.15, 0.2) is 42.7 Å². The molecular formula is C15H15N5O3. The lowest BCUT2D eigenvalue weighted by molar-refractivity contribution is -0.142. The highest BCUT2D eigenvalue weighted by atomic mass is 16.5. The number of anilines is 1. The van der Waals surface area contributed by atoms with Crippen LogP contribution in [0.2, 0.25) is 0 Å². The van der Waals surface area contributed by atoms with E-state index in [1.165, 1.54) is 18.0 Å². The molecule has 8 nitrogen and oxygen atoms in total. The SMILES string of the molecule is COC(=O)[C@H](CO)Nc1cc(-c2ccccc2)nc2ncnn12. The number of esters is 1. The second-order valence-electron chi connectivity index (χ2n) is 4.77. The van der Waals surface area contributed by atoms with E-state index in [9.17, 15) is 9.90 Å². The van der Waals surface area contributed by atoms with Crippen molar-refractivity contribution < 1.29 is 14.6 Å². The molecule has 0 saturated carbocycles. The van der Waals surface area contributed by atoms with Crippen molar-refractivity contribution in [2.45, 2.75) is 6.04 Å². The van der Waals surface area contributed by atoms with Gasteiger partial charge in [0, 0.05) is 11.6 Å². The van der Waals surface area contributed by atoms with Crippen LogP contribution in [-0.2, 0) is 9.53 Å². The Hall–Kier alpha value is -3.00. The van der Waals surface area contributed by atoms with E-state index in [2.05, 4.69) is 25.1 Å². The number of nitrogens with zero attached hydrogens (tertiary/aromatic N) is 4. The van der Waals surface area contributed by atoms with E-state index in [1.807, 2.05) is 30.3 Å². The maximum atomic E-state index is 11.7. The van der Waals surface area contributed by atoms with E-state index >= 15 is 0 Å². The van der Waals surface area contributed by atoms with Gasteiger partial charge in [0.2, 0.25) is 0 Å². The lowest BCUT2D eigenvalue weighted by Gasteiger charge is -2.16. The Labute approximate surface area is 131 Å². The van der Waals surface area contributed by atoms with Gasteiger partial charge in [-0.15, -0.1) is 0 Å². The molecule has 118 valence electrons. The summed E-state index contributed by atoms with van der Waals surface area (Å²) in [6.07, 6.45) is 1.37. The van der Waals surface area contributed by atoms with Crippen molar-refractivity contribution in [3.63, 3.8) is 0 Å². The number of fused-ring (bicyclic) bond motifs is 1. The lowest BCUT2D eigenvalue weighted by atomic mass is 10.1. The summed E-state index contributed by atoms with van der Waals surface area (Å²) in [5.74, 6) is 0.296. The zero-order chi connectivity index (χ0) is 16.2. The van der Waals surface area contributed by atoms with Crippen molar-refractivity contribution >= 4 is 17.6 Å². The fraction of sp³-hybridized carbons (Fsp3) is 0.200. The van der Waals surface area contributed by atoms with Crippen LogP contribution in [0, 0.1) is 0 Å². The van der Waals surface area contributed by atoms with Crippen LogP contribution < -0.4 is 5.32 Å². The highest BCUT2D eigenvalue weighted by Crippen LogP contribution is 2.21. The third-order valence-electron chi connectivity index (χ3n) is 3.31. The second kappa shape index (κ2) is 6.41. The first kappa shape index (κ1) is 14.9. The Bertz CT molecular complexity index is 818. The van der Waals surface area contributed by atoms with Crippen molar-refractivity contribution in [3.05, 3.63) is 42.7 Å². The number of methoxy groups -OCH3 is 1. The number of aliphatic hydroxyl groups is 1. The predicted octanol–water partition coefficient (Wildman–Crippen LogP) is 0.737. The molecule has 0 aliphatic rings. The average Bonchev–Trinajstić information content (AvgIpc) is 3.08. The quantitative estimate of drug-likeness (QED) is 0.670. The molecule has 0 fully saturated rings. The Morgan fingerprint density at radius 1 is 1.39 bits per heavy atom. The molecule has 2 aromatic heterocycles. The third kappa shape index (κ3) is 2.97. The van der Waals surface area contributed by atoms with Crippen LogP contribution >= 0.6 is 0 Å². The van der Waals surface area contributed by atoms with E-state index < -0.39 is 18.6 Å². The number of carbonyl (C=O) groups excluding carboxylic acids is 1. The maximum Gasteiger partial charge on any atom is 0.330 e. The van der Waals surface area contributed by atoms with Gasteiger partial charge in [-0.05, 0) is 0 Å². The molecule has 0 spiro atoms. The molecule has 2 N–H and O–H groups in total. The zero-order valence-electron chi connectivity index (χ0n) is 12.4. The molecule has 0 unspecified atom stereocenters. The number of hydrogen-bond donors (Lipinski definition) is 2. The maximum absolute atomic E-state index is 11.7. The molecular weight excluding hydrogens is 298 g/mol. The molecule has 1 atom stereocenters. The number of rotatable bonds is 5. The Morgan fingerprint density at radius 2 is 2.17 bits per heavy atom. The first-order valence-electron chi connectivity index (χ1n) is 6.94. The predicted molar refractivity (Wildman–Crippen MR) is 82.7 cm³/mol. The summed E-state index contributed by atoms with van der Waals surface area (Å²) in [7, 11) is 1.26. The van der Waals surface area contributed by atoms with Crippen LogP contribution in [0.4, 0.5) is 5.82 Å². The van der Waals surface area contributed by atoms with Gasteiger partial charge in [0.15, 0.2) is 0 Å². The number of hydrogen-bond acceptors (Lipinski definition) is 7. The van der Waals surface area contributed by atoms with Gasteiger partial charge in [-0.2, -0.15) is 14.6 Å². The standard InChI is InChI=1S/C15H15N5O3/c1-23-14(22)12(8-21)18-13-7-11(10-5-3-2-4-6-10)19-15-16-9-17-20(13)15/h2-7,9,12,18,21H,8H2,1H3/t12-/m0/s1. The Morgan fingerprint density at radius 3 is 2.87 bits per heavy atom. The molecule has 2 heterocycles. The van der Waals surface area contributed by atoms with Crippen molar-refractivity contribution in [3.8, 4) is 11.3 Å². The minimum absolute atomic E-state index is 0.385. The van der Waals surface area contributed by atoms with Gasteiger partial charge < -0.3 is 15.2 Å². The van der Waals surface area contributed by atoms with Crippen molar-refractivity contribution in [2.24, 2.45) is 0 Å². The fourth-order valence-corrected chi connectivity index (χ4v) is 2.17. The number of ether oxygens (including phenoxy) is 1. The molecule has 0 saturated heterocycles. The van der Waals surface area contributed by atoms with E-state index in [0.29, 0.717) is 17.3 Å². The first-order valence-corrected chi connectivity index (χ1v) is 6.94. The number of benzene rings is 1. The third-order valence-corrected chi connectivity index (χ3v) is 3.31. The molecule has 0 aliphatic carbocycles. The Balaban J connectivity index is 2.05. The molecule has 0 bridgehead atoms. The van der Waals surface area contributed by atoms with E-state index in [4.69, 9.17) is 0 Å². The summed E-state index contributed by atoms with van der Waals surface area (Å²) in [5, 5.41) is 16.4. The summed E-state index contributed by atoms with van der Waals surface area (Å²) < 4.78 is 6.12. The number of carbonyl (C=O) groups is 1. The van der Waals surface area contributed by atoms with Gasteiger partial charge in [-0.25, -0.2) is 9.78 Å². The molecule has 1 aromatic carbocycles. The number of aromatic nitrogens is 4. The molecule has 3 aromatic rings. The van der Waals surface area contributed by atoms with E-state index in [-0.39, 0.29) is 0 Å². The van der Waals surface area contributed by atoms with E-state index in [0.717, 1.165) is 5.56 Å². The number of nitrogens with one attached hydrogen (secondary N) is 1. The summed E-state index contributed by atoms with van der Waals surface area (Å²) in [4.78, 5) is 20.2. The molecule has 0 amide bonds. The highest BCUT2D eigenvalue weighted by molar-refractivity contribution is 5.79. The monoisotopic (exact) mass is 313 g/mol. The van der Waals surface area contributed by atoms with Gasteiger partial charge in [0.25, 0.3) is 5.78 Å². The van der Waals surface area contributed by atoms with Crippen LogP contribution in [0.1, 0.15) is 0 Å². The summed E-state index contributed by atoms with van der Waals surface area (Å²) in [5.41, 5.74) is 1.58. The fourth-order valence-electron chi connectivity index (χ4n) is 2.17. The second-order valence-corrected chi connectivity index (χ2v) is 4.77. The smallest absolute Gasteiger partial charge is 0.330 e. The average molecular weight is 313 g/mol. The van der Waals surface area contributed by atoms with Crippen LogP contribution in [0.3, 0.4) is 0 Å². The van der Waals surface area contributed by atoms with Crippen molar-refractivity contribution in [1.29, 1.82) is 0 Å². The topological polar surface area (TPSA) is 102 Å². The molecule has 0 radical (unpaired) electrons. The lowest BCUT2D eigenvalue weighted by Crippen LogP contribution is -2.34. The van der Waals surface area contributed by atoms with E-state index in [1.54, 1.807) is 6.07 Å². The molecule has 23 heavy (non-hydrogen) atoms. The normalized spacial score (nSPS) is 12.1. The summed E-state index contributed by atoms with van der Waals surface area (Å²) in [6, 6.07) is 10.4. The van der Waals surface area contributed by atoms with Gasteiger partial charge in [0.1, 0.15) is 18.2 Å². The molecule has 8 heteroatoms. The van der Waals surface area contributed by atoms with Gasteiger partial charge >= 0.3 is 5.97 Å². The molecule has 3 rings (SSSR count). The summed E-state index contributed by atoms with van der Waals surface area (Å²) in [6.45, 7) is -0.411. The minimum Gasteiger partial charge on any atom is -0.467 e. The van der Waals surface area contributed by atoms with Crippen LogP contribution in [-0.4, -0.2) is 50.4 Å². The highest BCUT2D eigenvalue weighted by Gasteiger charge is 2.20. The van der Waals surface area contributed by atoms with Crippen molar-refractivity contribution in [2.75, 3.05) is 19.0 Å². The molecule has 0 aliphatic heterocycles. The van der Waals surface area contributed by atoms with Gasteiger partial charge in [-0.1, -0.05) is 30.3 Å². The van der Waals surface area contributed by atoms with Crippen LogP contribution in [0.25, 0.3) is 17.0 Å². The first-order chi connectivity index (χ1) is 11.2.